The highest BCUT2D eigenvalue weighted by atomic mass is 16.2. The standard InChI is InChI=1S/C21H28N4O/c1-16(2)25(15-18-7-5-4-6-8-18)21(26)19-9-10-20(23-22-19)24-13-11-17(3)12-14-24/h4-10,16-17H,11-15H2,1-3H3. The molecule has 1 fully saturated rings. The van der Waals surface area contributed by atoms with Gasteiger partial charge in [-0.25, -0.2) is 0 Å². The number of rotatable bonds is 5. The van der Waals surface area contributed by atoms with Crippen molar-refractivity contribution in [1.82, 2.24) is 15.1 Å². The number of piperidine rings is 1. The van der Waals surface area contributed by atoms with E-state index in [1.165, 1.54) is 12.8 Å². The van der Waals surface area contributed by atoms with Gasteiger partial charge in [-0.15, -0.1) is 10.2 Å². The molecule has 0 N–H and O–H groups in total. The van der Waals surface area contributed by atoms with E-state index in [0.29, 0.717) is 12.2 Å². The number of hydrogen-bond acceptors (Lipinski definition) is 4. The number of carbonyl (C=O) groups excluding carboxylic acids is 1. The third-order valence-corrected chi connectivity index (χ3v) is 5.06. The SMILES string of the molecule is CC1CCN(c2ccc(C(=O)N(Cc3ccccc3)C(C)C)nn2)CC1. The van der Waals surface area contributed by atoms with Gasteiger partial charge in [0.1, 0.15) is 0 Å². The molecule has 0 radical (unpaired) electrons. The van der Waals surface area contributed by atoms with Crippen molar-refractivity contribution in [2.24, 2.45) is 5.92 Å². The number of amides is 1. The smallest absolute Gasteiger partial charge is 0.274 e. The minimum absolute atomic E-state index is 0.0739. The second-order valence-electron chi connectivity index (χ2n) is 7.46. The van der Waals surface area contributed by atoms with Gasteiger partial charge in [-0.05, 0) is 50.3 Å². The molecule has 2 aromatic rings. The molecule has 0 unspecified atom stereocenters. The highest BCUT2D eigenvalue weighted by Gasteiger charge is 2.22. The van der Waals surface area contributed by atoms with Crippen molar-refractivity contribution in [3.63, 3.8) is 0 Å². The van der Waals surface area contributed by atoms with Crippen LogP contribution < -0.4 is 4.90 Å². The maximum Gasteiger partial charge on any atom is 0.274 e. The zero-order valence-electron chi connectivity index (χ0n) is 15.9. The molecule has 3 rings (SSSR count). The van der Waals surface area contributed by atoms with Gasteiger partial charge in [-0.1, -0.05) is 37.3 Å². The summed E-state index contributed by atoms with van der Waals surface area (Å²) in [6, 6.07) is 13.9. The fourth-order valence-electron chi connectivity index (χ4n) is 3.26. The van der Waals surface area contributed by atoms with E-state index < -0.39 is 0 Å². The van der Waals surface area contributed by atoms with Crippen molar-refractivity contribution >= 4 is 11.7 Å². The molecule has 5 nitrogen and oxygen atoms in total. The Labute approximate surface area is 156 Å². The molecule has 0 saturated carbocycles. The van der Waals surface area contributed by atoms with Crippen LogP contribution in [0.4, 0.5) is 5.82 Å². The largest absolute Gasteiger partial charge is 0.355 e. The number of aromatic nitrogens is 2. The Morgan fingerprint density at radius 2 is 1.81 bits per heavy atom. The second-order valence-corrected chi connectivity index (χ2v) is 7.46. The predicted molar refractivity (Wildman–Crippen MR) is 104 cm³/mol. The van der Waals surface area contributed by atoms with Crippen LogP contribution in [0.25, 0.3) is 0 Å². The number of anilines is 1. The second kappa shape index (κ2) is 8.30. The first-order valence-corrected chi connectivity index (χ1v) is 9.48. The van der Waals surface area contributed by atoms with Gasteiger partial charge in [0.05, 0.1) is 0 Å². The Balaban J connectivity index is 1.71. The van der Waals surface area contributed by atoms with Crippen LogP contribution in [0.15, 0.2) is 42.5 Å². The van der Waals surface area contributed by atoms with Gasteiger partial charge in [0.2, 0.25) is 0 Å². The molecule has 138 valence electrons. The van der Waals surface area contributed by atoms with Gasteiger partial charge >= 0.3 is 0 Å². The third kappa shape index (κ3) is 4.40. The fourth-order valence-corrected chi connectivity index (χ4v) is 3.26. The molecule has 0 spiro atoms. The summed E-state index contributed by atoms with van der Waals surface area (Å²) in [5.74, 6) is 1.57. The molecular weight excluding hydrogens is 324 g/mol. The van der Waals surface area contributed by atoms with Crippen molar-refractivity contribution in [1.29, 1.82) is 0 Å². The number of carbonyl (C=O) groups is 1. The fraction of sp³-hybridized carbons (Fsp3) is 0.476. The van der Waals surface area contributed by atoms with Crippen LogP contribution in [0.1, 0.15) is 49.7 Å². The Bertz CT molecular complexity index is 707. The summed E-state index contributed by atoms with van der Waals surface area (Å²) in [5, 5.41) is 8.56. The minimum Gasteiger partial charge on any atom is -0.355 e. The summed E-state index contributed by atoms with van der Waals surface area (Å²) in [5.41, 5.74) is 1.52. The van der Waals surface area contributed by atoms with Crippen molar-refractivity contribution in [2.45, 2.75) is 46.2 Å². The first-order valence-electron chi connectivity index (χ1n) is 9.48. The zero-order valence-corrected chi connectivity index (χ0v) is 15.9. The lowest BCUT2D eigenvalue weighted by Crippen LogP contribution is -2.37. The van der Waals surface area contributed by atoms with E-state index >= 15 is 0 Å². The molecule has 1 aliphatic heterocycles. The quantitative estimate of drug-likeness (QED) is 0.822. The molecule has 0 atom stereocenters. The maximum absolute atomic E-state index is 12.9. The summed E-state index contributed by atoms with van der Waals surface area (Å²) in [7, 11) is 0. The highest BCUT2D eigenvalue weighted by Crippen LogP contribution is 2.21. The van der Waals surface area contributed by atoms with Crippen LogP contribution >= 0.6 is 0 Å². The lowest BCUT2D eigenvalue weighted by atomic mass is 9.99. The Kier molecular flexibility index (Phi) is 5.86. The molecule has 1 amide bonds. The lowest BCUT2D eigenvalue weighted by Gasteiger charge is -2.31. The number of benzene rings is 1. The Hall–Kier alpha value is -2.43. The normalized spacial score (nSPS) is 15.3. The van der Waals surface area contributed by atoms with Crippen LogP contribution in [0.5, 0.6) is 0 Å². The molecule has 0 aliphatic carbocycles. The third-order valence-electron chi connectivity index (χ3n) is 5.06. The summed E-state index contributed by atoms with van der Waals surface area (Å²) in [6.45, 7) is 8.93. The van der Waals surface area contributed by atoms with Crippen molar-refractivity contribution in [2.75, 3.05) is 18.0 Å². The van der Waals surface area contributed by atoms with Crippen molar-refractivity contribution in [3.8, 4) is 0 Å². The van der Waals surface area contributed by atoms with E-state index in [4.69, 9.17) is 0 Å². The predicted octanol–water partition coefficient (Wildman–Crippen LogP) is 3.76. The van der Waals surface area contributed by atoms with Crippen LogP contribution in [0.3, 0.4) is 0 Å². The van der Waals surface area contributed by atoms with E-state index in [-0.39, 0.29) is 11.9 Å². The van der Waals surface area contributed by atoms with Gasteiger partial charge in [-0.2, -0.15) is 0 Å². The molecule has 26 heavy (non-hydrogen) atoms. The average Bonchev–Trinajstić information content (AvgIpc) is 2.67. The summed E-state index contributed by atoms with van der Waals surface area (Å²) < 4.78 is 0. The lowest BCUT2D eigenvalue weighted by molar-refractivity contribution is 0.0683. The topological polar surface area (TPSA) is 49.3 Å². The van der Waals surface area contributed by atoms with Crippen molar-refractivity contribution < 1.29 is 4.79 Å². The van der Waals surface area contributed by atoms with Crippen molar-refractivity contribution in [3.05, 3.63) is 53.7 Å². The molecule has 0 bridgehead atoms. The van der Waals surface area contributed by atoms with E-state index in [0.717, 1.165) is 30.4 Å². The molecule has 1 aliphatic rings. The highest BCUT2D eigenvalue weighted by molar-refractivity contribution is 5.92. The first-order chi connectivity index (χ1) is 12.5. The van der Waals surface area contributed by atoms with Gasteiger partial charge in [0, 0.05) is 25.7 Å². The molecule has 1 aromatic heterocycles. The van der Waals surface area contributed by atoms with Crippen LogP contribution in [0, 0.1) is 5.92 Å². The molecular formula is C21H28N4O. The van der Waals surface area contributed by atoms with E-state index in [1.54, 1.807) is 0 Å². The van der Waals surface area contributed by atoms with E-state index in [9.17, 15) is 4.79 Å². The maximum atomic E-state index is 12.9. The minimum atomic E-state index is -0.0739. The Morgan fingerprint density at radius 1 is 1.12 bits per heavy atom. The Morgan fingerprint density at radius 3 is 2.38 bits per heavy atom. The number of hydrogen-bond donors (Lipinski definition) is 0. The van der Waals surface area contributed by atoms with E-state index in [1.807, 2.05) is 61.2 Å². The first kappa shape index (κ1) is 18.4. The zero-order chi connectivity index (χ0) is 18.5. The van der Waals surface area contributed by atoms with Gasteiger partial charge < -0.3 is 9.80 Å². The molecule has 1 saturated heterocycles. The van der Waals surface area contributed by atoms with Crippen LogP contribution in [0.2, 0.25) is 0 Å². The van der Waals surface area contributed by atoms with Crippen LogP contribution in [-0.2, 0) is 6.54 Å². The molecule has 2 heterocycles. The summed E-state index contributed by atoms with van der Waals surface area (Å²) >= 11 is 0. The molecule has 1 aromatic carbocycles. The summed E-state index contributed by atoms with van der Waals surface area (Å²) in [6.07, 6.45) is 2.36. The number of nitrogens with zero attached hydrogens (tertiary/aromatic N) is 4. The van der Waals surface area contributed by atoms with Gasteiger partial charge in [0.15, 0.2) is 11.5 Å². The monoisotopic (exact) mass is 352 g/mol. The van der Waals surface area contributed by atoms with E-state index in [2.05, 4.69) is 22.0 Å². The molecule has 5 heteroatoms. The van der Waals surface area contributed by atoms with Gasteiger partial charge in [-0.3, -0.25) is 4.79 Å². The van der Waals surface area contributed by atoms with Crippen LogP contribution in [-0.4, -0.2) is 40.1 Å². The van der Waals surface area contributed by atoms with Gasteiger partial charge in [0.25, 0.3) is 5.91 Å². The average molecular weight is 352 g/mol. The summed E-state index contributed by atoms with van der Waals surface area (Å²) in [4.78, 5) is 17.0.